The Morgan fingerprint density at radius 1 is 1.28 bits per heavy atom. The fraction of sp³-hybridized carbons (Fsp3) is 0.308. The smallest absolute Gasteiger partial charge is 0.132 e. The molecule has 5 heteroatoms. The van der Waals surface area contributed by atoms with Gasteiger partial charge in [0.15, 0.2) is 0 Å². The van der Waals surface area contributed by atoms with Crippen LogP contribution in [0.3, 0.4) is 0 Å². The lowest BCUT2D eigenvalue weighted by atomic mass is 10.1. The molecule has 2 rings (SSSR count). The van der Waals surface area contributed by atoms with Crippen molar-refractivity contribution in [2.45, 2.75) is 6.42 Å². The zero-order chi connectivity index (χ0) is 13.1. The van der Waals surface area contributed by atoms with Crippen molar-refractivity contribution in [2.75, 3.05) is 13.6 Å². The van der Waals surface area contributed by atoms with Crippen LogP contribution in [-0.4, -0.2) is 23.4 Å². The van der Waals surface area contributed by atoms with Gasteiger partial charge in [0.25, 0.3) is 0 Å². The number of halogens is 2. The van der Waals surface area contributed by atoms with Crippen LogP contribution in [0.2, 0.25) is 0 Å². The summed E-state index contributed by atoms with van der Waals surface area (Å²) in [5.41, 5.74) is 1.67. The van der Waals surface area contributed by atoms with Gasteiger partial charge in [0.05, 0.1) is 11.4 Å². The van der Waals surface area contributed by atoms with Gasteiger partial charge in [-0.1, -0.05) is 0 Å². The fourth-order valence-electron chi connectivity index (χ4n) is 1.85. The van der Waals surface area contributed by atoms with E-state index in [0.717, 1.165) is 30.8 Å². The summed E-state index contributed by atoms with van der Waals surface area (Å²) in [4.78, 5) is 0. The van der Waals surface area contributed by atoms with Gasteiger partial charge >= 0.3 is 0 Å². The molecule has 96 valence electrons. The van der Waals surface area contributed by atoms with Gasteiger partial charge in [-0.25, -0.2) is 8.78 Å². The first-order valence-corrected chi connectivity index (χ1v) is 5.74. The summed E-state index contributed by atoms with van der Waals surface area (Å²) < 4.78 is 28.4. The zero-order valence-electron chi connectivity index (χ0n) is 10.4. The predicted octanol–water partition coefficient (Wildman–Crippen LogP) is 2.13. The number of hydrogen-bond acceptors (Lipinski definition) is 2. The Morgan fingerprint density at radius 3 is 2.78 bits per heavy atom. The van der Waals surface area contributed by atoms with Crippen molar-refractivity contribution in [1.29, 1.82) is 0 Å². The van der Waals surface area contributed by atoms with Gasteiger partial charge in [-0.2, -0.15) is 5.10 Å². The quantitative estimate of drug-likeness (QED) is 0.902. The van der Waals surface area contributed by atoms with Gasteiger partial charge < -0.3 is 5.32 Å². The normalized spacial score (nSPS) is 10.9. The molecule has 1 N–H and O–H groups in total. The molecule has 0 amide bonds. The summed E-state index contributed by atoms with van der Waals surface area (Å²) in [6.07, 6.45) is 0.751. The Balaban J connectivity index is 2.38. The third-order valence-corrected chi connectivity index (χ3v) is 2.77. The molecule has 1 heterocycles. The number of rotatable bonds is 4. The Kier molecular flexibility index (Phi) is 3.72. The Bertz CT molecular complexity index is 549. The standard InChI is InChI=1S/C13H15F2N3/c1-16-6-5-10-8-13(18(2)17-10)11-7-9(14)3-4-12(11)15/h3-4,7-8,16H,5-6H2,1-2H3. The van der Waals surface area contributed by atoms with Crippen LogP contribution >= 0.6 is 0 Å². The van der Waals surface area contributed by atoms with E-state index in [9.17, 15) is 8.78 Å². The lowest BCUT2D eigenvalue weighted by Crippen LogP contribution is -2.10. The Morgan fingerprint density at radius 2 is 2.06 bits per heavy atom. The first kappa shape index (κ1) is 12.7. The molecule has 18 heavy (non-hydrogen) atoms. The maximum Gasteiger partial charge on any atom is 0.132 e. The van der Waals surface area contributed by atoms with E-state index in [-0.39, 0.29) is 5.56 Å². The number of aromatic nitrogens is 2. The first-order valence-electron chi connectivity index (χ1n) is 5.74. The summed E-state index contributed by atoms with van der Waals surface area (Å²) in [5.74, 6) is -0.899. The molecule has 0 aliphatic heterocycles. The summed E-state index contributed by atoms with van der Waals surface area (Å²) in [6, 6.07) is 5.21. The van der Waals surface area contributed by atoms with Crippen LogP contribution in [0.25, 0.3) is 11.3 Å². The molecule has 2 aromatic rings. The summed E-state index contributed by atoms with van der Waals surface area (Å²) in [5, 5.41) is 7.30. The van der Waals surface area contributed by atoms with Gasteiger partial charge in [-0.05, 0) is 31.3 Å². The maximum atomic E-state index is 13.7. The summed E-state index contributed by atoms with van der Waals surface area (Å²) >= 11 is 0. The SMILES string of the molecule is CNCCc1cc(-c2cc(F)ccc2F)n(C)n1. The van der Waals surface area contributed by atoms with E-state index < -0.39 is 11.6 Å². The second kappa shape index (κ2) is 5.27. The molecule has 0 aliphatic rings. The molecule has 0 unspecified atom stereocenters. The summed E-state index contributed by atoms with van der Waals surface area (Å²) in [7, 11) is 3.58. The molecule has 0 saturated heterocycles. The largest absolute Gasteiger partial charge is 0.319 e. The van der Waals surface area contributed by atoms with E-state index in [1.165, 1.54) is 6.07 Å². The van der Waals surface area contributed by atoms with Crippen LogP contribution in [0.1, 0.15) is 5.69 Å². The van der Waals surface area contributed by atoms with E-state index in [0.29, 0.717) is 5.69 Å². The van der Waals surface area contributed by atoms with Gasteiger partial charge in [0, 0.05) is 25.6 Å². The van der Waals surface area contributed by atoms with Gasteiger partial charge in [0.2, 0.25) is 0 Å². The third-order valence-electron chi connectivity index (χ3n) is 2.77. The van der Waals surface area contributed by atoms with Crippen LogP contribution in [0, 0.1) is 11.6 Å². The first-order chi connectivity index (χ1) is 8.61. The van der Waals surface area contributed by atoms with Gasteiger partial charge in [-0.3, -0.25) is 4.68 Å². The highest BCUT2D eigenvalue weighted by molar-refractivity contribution is 5.60. The van der Waals surface area contributed by atoms with Crippen LogP contribution in [0.5, 0.6) is 0 Å². The van der Waals surface area contributed by atoms with Gasteiger partial charge in [-0.15, -0.1) is 0 Å². The number of aryl methyl sites for hydroxylation is 1. The Labute approximate surface area is 104 Å². The minimum atomic E-state index is -0.454. The highest BCUT2D eigenvalue weighted by Gasteiger charge is 2.12. The van der Waals surface area contributed by atoms with E-state index in [4.69, 9.17) is 0 Å². The molecule has 0 saturated carbocycles. The highest BCUT2D eigenvalue weighted by Crippen LogP contribution is 2.24. The van der Waals surface area contributed by atoms with Crippen LogP contribution in [-0.2, 0) is 13.5 Å². The van der Waals surface area contributed by atoms with E-state index in [1.54, 1.807) is 17.8 Å². The molecular formula is C13H15F2N3. The molecule has 0 atom stereocenters. The Hall–Kier alpha value is -1.75. The number of likely N-dealkylation sites (N-methyl/N-ethyl adjacent to an activating group) is 1. The molecule has 0 fully saturated rings. The van der Waals surface area contributed by atoms with Crippen molar-refractivity contribution < 1.29 is 8.78 Å². The minimum Gasteiger partial charge on any atom is -0.319 e. The lowest BCUT2D eigenvalue weighted by Gasteiger charge is -2.03. The lowest BCUT2D eigenvalue weighted by molar-refractivity contribution is 0.601. The molecular weight excluding hydrogens is 236 g/mol. The average Bonchev–Trinajstić information content (AvgIpc) is 2.71. The van der Waals surface area contributed by atoms with Crippen molar-refractivity contribution in [2.24, 2.45) is 7.05 Å². The molecule has 0 aliphatic carbocycles. The van der Waals surface area contributed by atoms with Gasteiger partial charge in [0.1, 0.15) is 11.6 Å². The van der Waals surface area contributed by atoms with E-state index in [1.807, 2.05) is 7.05 Å². The van der Waals surface area contributed by atoms with Crippen molar-refractivity contribution in [3.8, 4) is 11.3 Å². The molecule has 0 bridgehead atoms. The maximum absolute atomic E-state index is 13.7. The summed E-state index contributed by atoms with van der Waals surface area (Å²) in [6.45, 7) is 0.794. The molecule has 0 radical (unpaired) electrons. The fourth-order valence-corrected chi connectivity index (χ4v) is 1.85. The van der Waals surface area contributed by atoms with Crippen LogP contribution < -0.4 is 5.32 Å². The highest BCUT2D eigenvalue weighted by atomic mass is 19.1. The van der Waals surface area contributed by atoms with Crippen molar-refractivity contribution in [3.63, 3.8) is 0 Å². The molecule has 0 spiro atoms. The molecule has 1 aromatic carbocycles. The van der Waals surface area contributed by atoms with Crippen molar-refractivity contribution >= 4 is 0 Å². The third kappa shape index (κ3) is 2.56. The number of nitrogens with one attached hydrogen (secondary N) is 1. The minimum absolute atomic E-state index is 0.237. The monoisotopic (exact) mass is 251 g/mol. The number of hydrogen-bond donors (Lipinski definition) is 1. The van der Waals surface area contributed by atoms with Crippen molar-refractivity contribution in [3.05, 3.63) is 41.6 Å². The van der Waals surface area contributed by atoms with Crippen LogP contribution in [0.4, 0.5) is 8.78 Å². The second-order valence-corrected chi connectivity index (χ2v) is 4.12. The molecule has 3 nitrogen and oxygen atoms in total. The zero-order valence-corrected chi connectivity index (χ0v) is 10.4. The predicted molar refractivity (Wildman–Crippen MR) is 66.2 cm³/mol. The number of benzene rings is 1. The molecule has 1 aromatic heterocycles. The van der Waals surface area contributed by atoms with E-state index >= 15 is 0 Å². The average molecular weight is 251 g/mol. The topological polar surface area (TPSA) is 29.9 Å². The van der Waals surface area contributed by atoms with E-state index in [2.05, 4.69) is 10.4 Å². The van der Waals surface area contributed by atoms with Crippen molar-refractivity contribution in [1.82, 2.24) is 15.1 Å². The number of nitrogens with zero attached hydrogens (tertiary/aromatic N) is 2. The van der Waals surface area contributed by atoms with Crippen LogP contribution in [0.15, 0.2) is 24.3 Å². The second-order valence-electron chi connectivity index (χ2n) is 4.12.